The molecule has 120 valence electrons. The Labute approximate surface area is 148 Å². The number of halogens is 3. The van der Waals surface area contributed by atoms with Crippen LogP contribution in [0.25, 0.3) is 0 Å². The van der Waals surface area contributed by atoms with Crippen LogP contribution in [0, 0.1) is 0 Å². The van der Waals surface area contributed by atoms with Crippen molar-refractivity contribution < 1.29 is 9.59 Å². The summed E-state index contributed by atoms with van der Waals surface area (Å²) in [6.07, 6.45) is 0. The lowest BCUT2D eigenvalue weighted by Crippen LogP contribution is -2.36. The number of anilines is 2. The Kier molecular flexibility index (Phi) is 5.88. The number of carbonyl (C=O) groups excluding carboxylic acids is 2. The molecule has 0 unspecified atom stereocenters. The molecule has 0 radical (unpaired) electrons. The predicted molar refractivity (Wildman–Crippen MR) is 94.6 cm³/mol. The summed E-state index contributed by atoms with van der Waals surface area (Å²) in [4.78, 5) is 25.3. The Balaban J connectivity index is 2.15. The summed E-state index contributed by atoms with van der Waals surface area (Å²) in [7, 11) is 0. The molecule has 7 heteroatoms. The second-order valence-electron chi connectivity index (χ2n) is 4.76. The van der Waals surface area contributed by atoms with Crippen LogP contribution in [0.15, 0.2) is 42.5 Å². The molecule has 2 aromatic carbocycles. The topological polar surface area (TPSA) is 49.4 Å². The van der Waals surface area contributed by atoms with E-state index in [1.807, 2.05) is 0 Å². The molecule has 0 fully saturated rings. The van der Waals surface area contributed by atoms with Gasteiger partial charge in [0.1, 0.15) is 6.54 Å². The van der Waals surface area contributed by atoms with E-state index in [0.717, 1.165) is 0 Å². The van der Waals surface area contributed by atoms with E-state index in [1.165, 1.54) is 11.8 Å². The van der Waals surface area contributed by atoms with Crippen molar-refractivity contribution in [3.05, 3.63) is 57.5 Å². The van der Waals surface area contributed by atoms with Gasteiger partial charge in [-0.25, -0.2) is 0 Å². The molecule has 4 nitrogen and oxygen atoms in total. The van der Waals surface area contributed by atoms with Crippen LogP contribution in [0.5, 0.6) is 0 Å². The zero-order valence-electron chi connectivity index (χ0n) is 12.1. The number of rotatable bonds is 4. The summed E-state index contributed by atoms with van der Waals surface area (Å²) in [6.45, 7) is 1.21. The molecule has 0 aliphatic heterocycles. The maximum absolute atomic E-state index is 12.2. The van der Waals surface area contributed by atoms with E-state index >= 15 is 0 Å². The molecule has 23 heavy (non-hydrogen) atoms. The SMILES string of the molecule is CC(=O)N(CC(=O)Nc1cc(Cl)ccc1Cl)c1cccc(Cl)c1. The maximum atomic E-state index is 12.2. The second-order valence-corrected chi connectivity index (χ2v) is 6.04. The quantitative estimate of drug-likeness (QED) is 0.851. The van der Waals surface area contributed by atoms with Crippen molar-refractivity contribution in [2.24, 2.45) is 0 Å². The average molecular weight is 372 g/mol. The van der Waals surface area contributed by atoms with Gasteiger partial charge in [-0.1, -0.05) is 40.9 Å². The third kappa shape index (κ3) is 4.86. The highest BCUT2D eigenvalue weighted by molar-refractivity contribution is 6.35. The number of hydrogen-bond acceptors (Lipinski definition) is 2. The van der Waals surface area contributed by atoms with Crippen LogP contribution in [0.3, 0.4) is 0 Å². The summed E-state index contributed by atoms with van der Waals surface area (Å²) < 4.78 is 0. The smallest absolute Gasteiger partial charge is 0.244 e. The number of carbonyl (C=O) groups is 2. The Morgan fingerprint density at radius 3 is 2.39 bits per heavy atom. The molecule has 2 rings (SSSR count). The Bertz CT molecular complexity index is 750. The summed E-state index contributed by atoms with van der Waals surface area (Å²) in [5.74, 6) is -0.677. The van der Waals surface area contributed by atoms with Gasteiger partial charge in [0.05, 0.1) is 10.7 Å². The monoisotopic (exact) mass is 370 g/mol. The van der Waals surface area contributed by atoms with E-state index in [-0.39, 0.29) is 12.5 Å². The minimum atomic E-state index is -0.399. The first-order valence-corrected chi connectivity index (χ1v) is 7.79. The van der Waals surface area contributed by atoms with Crippen molar-refractivity contribution in [1.82, 2.24) is 0 Å². The summed E-state index contributed by atoms with van der Waals surface area (Å²) in [5.41, 5.74) is 0.927. The van der Waals surface area contributed by atoms with Crippen molar-refractivity contribution >= 4 is 58.0 Å². The van der Waals surface area contributed by atoms with Crippen molar-refractivity contribution in [2.45, 2.75) is 6.92 Å². The first-order valence-electron chi connectivity index (χ1n) is 6.65. The van der Waals surface area contributed by atoms with Gasteiger partial charge in [-0.05, 0) is 36.4 Å². The highest BCUT2D eigenvalue weighted by Gasteiger charge is 2.17. The molecule has 0 atom stereocenters. The van der Waals surface area contributed by atoms with Crippen molar-refractivity contribution in [1.29, 1.82) is 0 Å². The number of benzene rings is 2. The van der Waals surface area contributed by atoms with Gasteiger partial charge in [0.25, 0.3) is 0 Å². The maximum Gasteiger partial charge on any atom is 0.244 e. The summed E-state index contributed by atoms with van der Waals surface area (Å²) >= 11 is 17.8. The number of nitrogens with zero attached hydrogens (tertiary/aromatic N) is 1. The van der Waals surface area contributed by atoms with Gasteiger partial charge in [0.2, 0.25) is 11.8 Å². The standard InChI is InChI=1S/C16H13Cl3N2O2/c1-10(22)21(13-4-2-3-11(17)7-13)9-16(23)20-15-8-12(18)5-6-14(15)19/h2-8H,9H2,1H3,(H,20,23). The molecule has 0 aromatic heterocycles. The van der Waals surface area contributed by atoms with Crippen LogP contribution in [0.2, 0.25) is 15.1 Å². The molecule has 0 spiro atoms. The fourth-order valence-electron chi connectivity index (χ4n) is 1.96. The molecule has 0 saturated heterocycles. The molecule has 0 saturated carbocycles. The van der Waals surface area contributed by atoms with Gasteiger partial charge in [-0.3, -0.25) is 9.59 Å². The molecule has 2 amide bonds. The van der Waals surface area contributed by atoms with E-state index < -0.39 is 5.91 Å². The molecule has 2 aromatic rings. The van der Waals surface area contributed by atoms with Crippen LogP contribution in [-0.4, -0.2) is 18.4 Å². The first-order chi connectivity index (χ1) is 10.9. The average Bonchev–Trinajstić information content (AvgIpc) is 2.48. The van der Waals surface area contributed by atoms with E-state index in [1.54, 1.807) is 42.5 Å². The minimum Gasteiger partial charge on any atom is -0.323 e. The van der Waals surface area contributed by atoms with E-state index in [4.69, 9.17) is 34.8 Å². The third-order valence-electron chi connectivity index (χ3n) is 3.00. The molecule has 0 heterocycles. The lowest BCUT2D eigenvalue weighted by molar-refractivity contribution is -0.120. The molecule has 0 bridgehead atoms. The van der Waals surface area contributed by atoms with Crippen LogP contribution < -0.4 is 10.2 Å². The second kappa shape index (κ2) is 7.68. The normalized spacial score (nSPS) is 10.3. The Morgan fingerprint density at radius 2 is 1.74 bits per heavy atom. The lowest BCUT2D eigenvalue weighted by Gasteiger charge is -2.21. The number of hydrogen-bond donors (Lipinski definition) is 1. The minimum absolute atomic E-state index is 0.168. The molecular weight excluding hydrogens is 359 g/mol. The van der Waals surface area contributed by atoms with Crippen molar-refractivity contribution in [3.63, 3.8) is 0 Å². The number of amides is 2. The predicted octanol–water partition coefficient (Wildman–Crippen LogP) is 4.64. The highest BCUT2D eigenvalue weighted by atomic mass is 35.5. The van der Waals surface area contributed by atoms with Gasteiger partial charge >= 0.3 is 0 Å². The zero-order chi connectivity index (χ0) is 17.0. The van der Waals surface area contributed by atoms with Crippen LogP contribution in [0.1, 0.15) is 6.92 Å². The van der Waals surface area contributed by atoms with E-state index in [0.29, 0.717) is 26.4 Å². The lowest BCUT2D eigenvalue weighted by atomic mass is 10.2. The van der Waals surface area contributed by atoms with Crippen molar-refractivity contribution in [3.8, 4) is 0 Å². The fourth-order valence-corrected chi connectivity index (χ4v) is 2.48. The Hall–Kier alpha value is -1.75. The van der Waals surface area contributed by atoms with Gasteiger partial charge in [-0.2, -0.15) is 0 Å². The zero-order valence-corrected chi connectivity index (χ0v) is 14.4. The fraction of sp³-hybridized carbons (Fsp3) is 0.125. The van der Waals surface area contributed by atoms with Gasteiger partial charge in [0, 0.05) is 22.7 Å². The number of nitrogens with one attached hydrogen (secondary N) is 1. The van der Waals surface area contributed by atoms with Gasteiger partial charge < -0.3 is 10.2 Å². The Morgan fingerprint density at radius 1 is 1.04 bits per heavy atom. The van der Waals surface area contributed by atoms with Crippen LogP contribution in [-0.2, 0) is 9.59 Å². The molecule has 0 aliphatic carbocycles. The van der Waals surface area contributed by atoms with Gasteiger partial charge in [0.15, 0.2) is 0 Å². The van der Waals surface area contributed by atoms with Crippen LogP contribution >= 0.6 is 34.8 Å². The molecule has 0 aliphatic rings. The third-order valence-corrected chi connectivity index (χ3v) is 3.80. The summed E-state index contributed by atoms with van der Waals surface area (Å²) in [6, 6.07) is 11.5. The van der Waals surface area contributed by atoms with Gasteiger partial charge in [-0.15, -0.1) is 0 Å². The largest absolute Gasteiger partial charge is 0.323 e. The first kappa shape index (κ1) is 17.6. The molecule has 1 N–H and O–H groups in total. The van der Waals surface area contributed by atoms with E-state index in [9.17, 15) is 9.59 Å². The molecular formula is C16H13Cl3N2O2. The van der Waals surface area contributed by atoms with E-state index in [2.05, 4.69) is 5.32 Å². The van der Waals surface area contributed by atoms with Crippen LogP contribution in [0.4, 0.5) is 11.4 Å². The highest BCUT2D eigenvalue weighted by Crippen LogP contribution is 2.25. The summed E-state index contributed by atoms with van der Waals surface area (Å²) in [5, 5.41) is 3.93. The van der Waals surface area contributed by atoms with Crippen molar-refractivity contribution in [2.75, 3.05) is 16.8 Å².